The van der Waals surface area contributed by atoms with Crippen LogP contribution in [0.25, 0.3) is 21.9 Å². The van der Waals surface area contributed by atoms with Crippen LogP contribution in [0.1, 0.15) is 42.1 Å². The minimum Gasteiger partial charge on any atom is -0.508 e. The summed E-state index contributed by atoms with van der Waals surface area (Å²) in [6.45, 7) is 3.84. The number of benzene rings is 4. The topological polar surface area (TPSA) is 41.9 Å². The van der Waals surface area contributed by atoms with E-state index in [0.717, 1.165) is 58.9 Å². The fourth-order valence-electron chi connectivity index (χ4n) is 5.58. The van der Waals surface area contributed by atoms with E-state index < -0.39 is 17.7 Å². The van der Waals surface area contributed by atoms with E-state index >= 15 is 0 Å². The zero-order chi connectivity index (χ0) is 25.4. The van der Waals surface area contributed by atoms with Gasteiger partial charge in [0, 0.05) is 23.7 Å². The fourth-order valence-corrected chi connectivity index (χ4v) is 5.58. The molecule has 2 heterocycles. The number of halogens is 3. The van der Waals surface area contributed by atoms with Crippen LogP contribution in [-0.4, -0.2) is 36.2 Å². The number of piperidine rings is 1. The third-order valence-electron chi connectivity index (χ3n) is 7.46. The normalized spacial score (nSPS) is 17.3. The molecular weight excluding hydrogens is 508 g/mol. The van der Waals surface area contributed by atoms with Crippen molar-refractivity contribution < 1.29 is 23.4 Å². The summed E-state index contributed by atoms with van der Waals surface area (Å²) >= 11 is 0. The quantitative estimate of drug-likeness (QED) is 0.288. The highest BCUT2D eigenvalue weighted by atomic mass is 35.5. The Kier molecular flexibility index (Phi) is 7.84. The van der Waals surface area contributed by atoms with Gasteiger partial charge in [-0.1, -0.05) is 36.8 Å². The van der Waals surface area contributed by atoms with Gasteiger partial charge in [0.2, 0.25) is 0 Å². The minimum absolute atomic E-state index is 0. The number of phenols is 1. The van der Waals surface area contributed by atoms with Crippen LogP contribution in [0.4, 0.5) is 8.78 Å². The highest BCUT2D eigenvalue weighted by Gasteiger charge is 2.28. The van der Waals surface area contributed by atoms with Crippen molar-refractivity contribution in [3.05, 3.63) is 95.1 Å². The van der Waals surface area contributed by atoms with Gasteiger partial charge in [-0.15, -0.1) is 12.4 Å². The van der Waals surface area contributed by atoms with Gasteiger partial charge in [0.15, 0.2) is 0 Å². The Balaban J connectivity index is 0.00000294. The van der Waals surface area contributed by atoms with Gasteiger partial charge in [-0.25, -0.2) is 8.78 Å². The smallest absolute Gasteiger partial charge is 0.132 e. The van der Waals surface area contributed by atoms with Crippen LogP contribution in [-0.2, 0) is 11.3 Å². The number of rotatable bonds is 5. The largest absolute Gasteiger partial charge is 0.508 e. The SMILES string of the molecule is Cl.Oc1ccc2c3c(ccc2c1)-c1cc(F)cc(F)c1COC3c1ccc(OCCN2CCCCC2)cc1. The number of fused-ring (bicyclic) bond motifs is 5. The first-order valence-corrected chi connectivity index (χ1v) is 12.9. The second-order valence-electron chi connectivity index (χ2n) is 9.86. The molecule has 6 rings (SSSR count). The van der Waals surface area contributed by atoms with Gasteiger partial charge >= 0.3 is 0 Å². The molecule has 1 saturated heterocycles. The predicted octanol–water partition coefficient (Wildman–Crippen LogP) is 7.40. The number of phenolic OH excluding ortho intramolecular Hbond substituents is 1. The summed E-state index contributed by atoms with van der Waals surface area (Å²) in [6, 6.07) is 18.9. The van der Waals surface area contributed by atoms with Crippen molar-refractivity contribution in [2.45, 2.75) is 32.0 Å². The standard InChI is InChI=1S/C31H29F2NO3.ClH/c32-22-17-27-26-10-6-21-16-23(35)7-11-25(21)30(26)31(37-19-28(27)29(33)18-22)20-4-8-24(9-5-20)36-15-14-34-12-2-1-3-13-34;/h4-11,16-18,31,35H,1-3,12-15,19H2;1H. The molecule has 1 N–H and O–H groups in total. The van der Waals surface area contributed by atoms with Crippen LogP contribution in [0.2, 0.25) is 0 Å². The number of ether oxygens (including phenoxy) is 2. The zero-order valence-electron chi connectivity index (χ0n) is 21.0. The summed E-state index contributed by atoms with van der Waals surface area (Å²) in [5, 5.41) is 11.7. The molecule has 0 radical (unpaired) electrons. The second kappa shape index (κ2) is 11.3. The minimum atomic E-state index is -0.627. The van der Waals surface area contributed by atoms with Crippen LogP contribution in [0, 0.1) is 11.6 Å². The van der Waals surface area contributed by atoms with Crippen molar-refractivity contribution in [2.24, 2.45) is 0 Å². The molecule has 2 aliphatic heterocycles. The summed E-state index contributed by atoms with van der Waals surface area (Å²) in [6.07, 6.45) is 3.31. The van der Waals surface area contributed by atoms with E-state index in [9.17, 15) is 13.9 Å². The number of hydrogen-bond donors (Lipinski definition) is 1. The highest BCUT2D eigenvalue weighted by molar-refractivity contribution is 5.94. The number of likely N-dealkylation sites (tertiary alicyclic amines) is 1. The molecule has 0 spiro atoms. The van der Waals surface area contributed by atoms with Crippen molar-refractivity contribution in [3.63, 3.8) is 0 Å². The van der Waals surface area contributed by atoms with Gasteiger partial charge in [-0.2, -0.15) is 0 Å². The number of aromatic hydroxyl groups is 1. The Bertz CT molecular complexity index is 1440. The molecule has 2 aliphatic rings. The summed E-state index contributed by atoms with van der Waals surface area (Å²) in [7, 11) is 0. The molecule has 0 saturated carbocycles. The maximum atomic E-state index is 14.8. The maximum Gasteiger partial charge on any atom is 0.132 e. The molecule has 4 aromatic rings. The van der Waals surface area contributed by atoms with E-state index in [1.165, 1.54) is 25.3 Å². The summed E-state index contributed by atoms with van der Waals surface area (Å²) < 4.78 is 41.5. The van der Waals surface area contributed by atoms with E-state index in [1.54, 1.807) is 12.1 Å². The maximum absolute atomic E-state index is 14.8. The molecule has 38 heavy (non-hydrogen) atoms. The first-order valence-electron chi connectivity index (χ1n) is 12.9. The van der Waals surface area contributed by atoms with Crippen LogP contribution >= 0.6 is 12.4 Å². The summed E-state index contributed by atoms with van der Waals surface area (Å²) in [5.41, 5.74) is 3.25. The van der Waals surface area contributed by atoms with Crippen molar-refractivity contribution in [3.8, 4) is 22.6 Å². The van der Waals surface area contributed by atoms with E-state index in [4.69, 9.17) is 9.47 Å². The Hall–Kier alpha value is -3.19. The van der Waals surface area contributed by atoms with Crippen LogP contribution < -0.4 is 4.74 Å². The first-order chi connectivity index (χ1) is 18.1. The lowest BCUT2D eigenvalue weighted by Crippen LogP contribution is -2.33. The Morgan fingerprint density at radius 3 is 2.47 bits per heavy atom. The molecule has 0 bridgehead atoms. The number of nitrogens with zero attached hydrogens (tertiary/aromatic N) is 1. The molecule has 1 atom stereocenters. The summed E-state index contributed by atoms with van der Waals surface area (Å²) in [5.74, 6) is -0.307. The molecule has 4 nitrogen and oxygen atoms in total. The van der Waals surface area contributed by atoms with Crippen LogP contribution in [0.5, 0.6) is 11.5 Å². The molecule has 1 unspecified atom stereocenters. The third kappa shape index (κ3) is 5.21. The average molecular weight is 538 g/mol. The lowest BCUT2D eigenvalue weighted by atomic mass is 9.87. The Labute approximate surface area is 227 Å². The van der Waals surface area contributed by atoms with Gasteiger partial charge in [-0.3, -0.25) is 4.90 Å². The summed E-state index contributed by atoms with van der Waals surface area (Å²) in [4.78, 5) is 2.44. The van der Waals surface area contributed by atoms with Gasteiger partial charge in [0.05, 0.1) is 6.61 Å². The van der Waals surface area contributed by atoms with Gasteiger partial charge < -0.3 is 14.6 Å². The van der Waals surface area contributed by atoms with Crippen molar-refractivity contribution in [1.29, 1.82) is 0 Å². The Morgan fingerprint density at radius 2 is 1.68 bits per heavy atom. The van der Waals surface area contributed by atoms with Crippen molar-refractivity contribution in [2.75, 3.05) is 26.2 Å². The first kappa shape index (κ1) is 26.4. The monoisotopic (exact) mass is 537 g/mol. The highest BCUT2D eigenvalue weighted by Crippen LogP contribution is 2.45. The Morgan fingerprint density at radius 1 is 0.895 bits per heavy atom. The van der Waals surface area contributed by atoms with Crippen LogP contribution in [0.3, 0.4) is 0 Å². The fraction of sp³-hybridized carbons (Fsp3) is 0.290. The molecule has 0 amide bonds. The molecule has 7 heteroatoms. The molecule has 0 aromatic heterocycles. The van der Waals surface area contributed by atoms with E-state index in [1.807, 2.05) is 42.5 Å². The molecule has 4 aromatic carbocycles. The van der Waals surface area contributed by atoms with Gasteiger partial charge in [0.25, 0.3) is 0 Å². The lowest BCUT2D eigenvalue weighted by molar-refractivity contribution is 0.0683. The van der Waals surface area contributed by atoms with E-state index in [-0.39, 0.29) is 24.8 Å². The van der Waals surface area contributed by atoms with Crippen LogP contribution in [0.15, 0.2) is 66.7 Å². The molecule has 1 fully saturated rings. The average Bonchev–Trinajstić information content (AvgIpc) is 3.07. The van der Waals surface area contributed by atoms with E-state index in [0.29, 0.717) is 17.7 Å². The number of hydrogen-bond acceptors (Lipinski definition) is 4. The van der Waals surface area contributed by atoms with Crippen molar-refractivity contribution >= 4 is 23.2 Å². The third-order valence-corrected chi connectivity index (χ3v) is 7.46. The molecule has 198 valence electrons. The predicted molar refractivity (Wildman–Crippen MR) is 147 cm³/mol. The van der Waals surface area contributed by atoms with Gasteiger partial charge in [0.1, 0.15) is 35.8 Å². The van der Waals surface area contributed by atoms with Gasteiger partial charge in [-0.05, 0) is 83.7 Å². The zero-order valence-corrected chi connectivity index (χ0v) is 21.8. The van der Waals surface area contributed by atoms with E-state index in [2.05, 4.69) is 4.90 Å². The van der Waals surface area contributed by atoms with Crippen molar-refractivity contribution in [1.82, 2.24) is 4.90 Å². The molecular formula is C31H30ClF2NO3. The molecule has 0 aliphatic carbocycles. The lowest BCUT2D eigenvalue weighted by Gasteiger charge is -2.26. The second-order valence-corrected chi connectivity index (χ2v) is 9.86.